The van der Waals surface area contributed by atoms with E-state index in [0.717, 1.165) is 38.1 Å². The molecule has 4 rings (SSSR count). The Morgan fingerprint density at radius 2 is 1.43 bits per heavy atom. The summed E-state index contributed by atoms with van der Waals surface area (Å²) in [6.45, 7) is 6.34. The minimum absolute atomic E-state index is 0.131. The number of aromatic nitrogens is 2. The van der Waals surface area contributed by atoms with E-state index in [-0.39, 0.29) is 5.41 Å². The molecule has 0 radical (unpaired) electrons. The van der Waals surface area contributed by atoms with Gasteiger partial charge in [0.15, 0.2) is 0 Å². The molecule has 0 fully saturated rings. The average Bonchev–Trinajstić information content (AvgIpc) is 2.67. The molecule has 6 heteroatoms. The van der Waals surface area contributed by atoms with Gasteiger partial charge in [0.25, 0.3) is 0 Å². The maximum atomic E-state index is 6.65. The molecule has 0 bridgehead atoms. The van der Waals surface area contributed by atoms with Crippen LogP contribution in [0.3, 0.4) is 0 Å². The lowest BCUT2D eigenvalue weighted by molar-refractivity contribution is 0.571. The van der Waals surface area contributed by atoms with Crippen LogP contribution < -0.4 is 0 Å². The summed E-state index contributed by atoms with van der Waals surface area (Å²) >= 11 is 22.6. The van der Waals surface area contributed by atoms with E-state index in [1.165, 1.54) is 0 Å². The van der Waals surface area contributed by atoms with E-state index in [9.17, 15) is 0 Å². The Bertz CT molecular complexity index is 1260. The Kier molecular flexibility index (Phi) is 5.84. The van der Waals surface area contributed by atoms with Crippen LogP contribution in [0.5, 0.6) is 0 Å². The molecule has 0 aliphatic rings. The molecule has 30 heavy (non-hydrogen) atoms. The zero-order valence-corrected chi connectivity index (χ0v) is 20.5. The number of rotatable bonds is 2. The Labute approximate surface area is 199 Å². The van der Waals surface area contributed by atoms with E-state index in [4.69, 9.17) is 44.8 Å². The summed E-state index contributed by atoms with van der Waals surface area (Å²) in [7, 11) is 0. The molecular weight excluding hydrogens is 503 g/mol. The lowest BCUT2D eigenvalue weighted by Crippen LogP contribution is -2.13. The highest BCUT2D eigenvalue weighted by atomic mass is 79.9. The van der Waals surface area contributed by atoms with Crippen LogP contribution >= 0.6 is 50.7 Å². The zero-order chi connectivity index (χ0) is 21.6. The first-order chi connectivity index (χ1) is 14.1. The molecule has 2 heterocycles. The van der Waals surface area contributed by atoms with Crippen molar-refractivity contribution in [3.8, 4) is 22.4 Å². The van der Waals surface area contributed by atoms with Crippen LogP contribution in [0.4, 0.5) is 0 Å². The molecule has 0 spiro atoms. The summed E-state index contributed by atoms with van der Waals surface area (Å²) in [4.78, 5) is 9.83. The molecule has 0 aliphatic heterocycles. The van der Waals surface area contributed by atoms with Gasteiger partial charge in [0.1, 0.15) is 5.52 Å². The van der Waals surface area contributed by atoms with Crippen molar-refractivity contribution in [2.24, 2.45) is 0 Å². The number of fused-ring (bicyclic) bond motifs is 1. The molecule has 152 valence electrons. The van der Waals surface area contributed by atoms with Crippen molar-refractivity contribution in [3.63, 3.8) is 0 Å². The summed E-state index contributed by atoms with van der Waals surface area (Å²) in [5, 5.41) is 1.91. The number of hydrogen-bond donors (Lipinski definition) is 0. The first kappa shape index (κ1) is 21.6. The standard InChI is InChI=1S/C24H18BrCl3N2/c1-24(2,3)21-12-19(28)23-20(29-21)11-17(16-9-8-15(27)10-18(16)25)22(30-23)13-4-6-14(26)7-5-13/h4-12H,1-3H3. The van der Waals surface area contributed by atoms with Crippen molar-refractivity contribution in [1.29, 1.82) is 0 Å². The Morgan fingerprint density at radius 3 is 2.07 bits per heavy atom. The topological polar surface area (TPSA) is 25.8 Å². The van der Waals surface area contributed by atoms with Gasteiger partial charge in [0.2, 0.25) is 0 Å². The van der Waals surface area contributed by atoms with Crippen molar-refractivity contribution in [2.45, 2.75) is 26.2 Å². The lowest BCUT2D eigenvalue weighted by Gasteiger charge is -2.20. The van der Waals surface area contributed by atoms with Gasteiger partial charge in [-0.05, 0) is 42.0 Å². The molecular formula is C24H18BrCl3N2. The summed E-state index contributed by atoms with van der Waals surface area (Å²) in [6.07, 6.45) is 0. The molecule has 0 N–H and O–H groups in total. The van der Waals surface area contributed by atoms with Gasteiger partial charge in [-0.2, -0.15) is 0 Å². The summed E-state index contributed by atoms with van der Waals surface area (Å²) in [5.74, 6) is 0. The third kappa shape index (κ3) is 4.22. The highest BCUT2D eigenvalue weighted by Crippen LogP contribution is 2.39. The second kappa shape index (κ2) is 8.12. The lowest BCUT2D eigenvalue weighted by atomic mass is 9.91. The fourth-order valence-corrected chi connectivity index (χ4v) is 4.50. The van der Waals surface area contributed by atoms with Gasteiger partial charge in [-0.25, -0.2) is 4.98 Å². The average molecular weight is 521 g/mol. The van der Waals surface area contributed by atoms with Crippen molar-refractivity contribution in [2.75, 3.05) is 0 Å². The van der Waals surface area contributed by atoms with Crippen molar-refractivity contribution in [3.05, 3.63) is 79.8 Å². The highest BCUT2D eigenvalue weighted by Gasteiger charge is 2.21. The highest BCUT2D eigenvalue weighted by molar-refractivity contribution is 9.10. The minimum atomic E-state index is -0.131. The van der Waals surface area contributed by atoms with E-state index in [1.807, 2.05) is 54.6 Å². The Hall–Kier alpha value is -1.65. The summed E-state index contributed by atoms with van der Waals surface area (Å²) in [5.41, 5.74) is 5.85. The van der Waals surface area contributed by atoms with Gasteiger partial charge in [0, 0.05) is 36.8 Å². The van der Waals surface area contributed by atoms with Crippen LogP contribution in [0.2, 0.25) is 15.1 Å². The largest absolute Gasteiger partial charge is 0.251 e. The van der Waals surface area contributed by atoms with Gasteiger partial charge < -0.3 is 0 Å². The number of halogens is 4. The van der Waals surface area contributed by atoms with Crippen molar-refractivity contribution >= 4 is 61.8 Å². The SMILES string of the molecule is CC(C)(C)c1cc(Cl)c2nc(-c3ccc(Cl)cc3)c(-c3ccc(Cl)cc3Br)cc2n1. The van der Waals surface area contributed by atoms with Crippen molar-refractivity contribution < 1.29 is 0 Å². The van der Waals surface area contributed by atoms with E-state index < -0.39 is 0 Å². The summed E-state index contributed by atoms with van der Waals surface area (Å²) < 4.78 is 0.879. The second-order valence-corrected chi connectivity index (χ2v) is 10.3. The molecule has 2 nitrogen and oxygen atoms in total. The molecule has 4 aromatic rings. The van der Waals surface area contributed by atoms with Crippen LogP contribution in [-0.4, -0.2) is 9.97 Å². The number of benzene rings is 2. The maximum Gasteiger partial charge on any atom is 0.108 e. The number of hydrogen-bond acceptors (Lipinski definition) is 2. The molecule has 0 saturated carbocycles. The van der Waals surface area contributed by atoms with E-state index >= 15 is 0 Å². The second-order valence-electron chi connectivity index (χ2n) is 8.12. The number of nitrogens with zero attached hydrogens (tertiary/aromatic N) is 2. The molecule has 2 aromatic heterocycles. The number of pyridine rings is 2. The smallest absolute Gasteiger partial charge is 0.108 e. The predicted molar refractivity (Wildman–Crippen MR) is 132 cm³/mol. The van der Waals surface area contributed by atoms with Gasteiger partial charge in [-0.3, -0.25) is 4.98 Å². The first-order valence-electron chi connectivity index (χ1n) is 9.36. The van der Waals surface area contributed by atoms with E-state index in [2.05, 4.69) is 36.7 Å². The van der Waals surface area contributed by atoms with Crippen LogP contribution in [0.25, 0.3) is 33.4 Å². The van der Waals surface area contributed by atoms with Gasteiger partial charge in [-0.1, -0.05) is 89.7 Å². The van der Waals surface area contributed by atoms with E-state index in [1.54, 1.807) is 0 Å². The van der Waals surface area contributed by atoms with Gasteiger partial charge in [-0.15, -0.1) is 0 Å². The Balaban J connectivity index is 2.07. The normalized spacial score (nSPS) is 11.8. The van der Waals surface area contributed by atoms with Crippen LogP contribution in [0.1, 0.15) is 26.5 Å². The molecule has 0 atom stereocenters. The minimum Gasteiger partial charge on any atom is -0.251 e. The molecule has 2 aromatic carbocycles. The van der Waals surface area contributed by atoms with Crippen LogP contribution in [0, 0.1) is 0 Å². The Morgan fingerprint density at radius 1 is 0.767 bits per heavy atom. The molecule has 0 unspecified atom stereocenters. The molecule has 0 saturated heterocycles. The van der Waals surface area contributed by atoms with Crippen LogP contribution in [0.15, 0.2) is 59.1 Å². The van der Waals surface area contributed by atoms with E-state index in [0.29, 0.717) is 20.6 Å². The first-order valence-corrected chi connectivity index (χ1v) is 11.3. The maximum absolute atomic E-state index is 6.65. The zero-order valence-electron chi connectivity index (χ0n) is 16.6. The van der Waals surface area contributed by atoms with Gasteiger partial charge in [0.05, 0.1) is 16.2 Å². The predicted octanol–water partition coefficient (Wildman–Crippen LogP) is 8.98. The monoisotopic (exact) mass is 518 g/mol. The molecule has 0 aliphatic carbocycles. The molecule has 0 amide bonds. The van der Waals surface area contributed by atoms with Gasteiger partial charge >= 0.3 is 0 Å². The fourth-order valence-electron chi connectivity index (χ4n) is 3.24. The quantitative estimate of drug-likeness (QED) is 0.264. The van der Waals surface area contributed by atoms with Crippen molar-refractivity contribution in [1.82, 2.24) is 9.97 Å². The van der Waals surface area contributed by atoms with Crippen LogP contribution in [-0.2, 0) is 5.41 Å². The fraction of sp³-hybridized carbons (Fsp3) is 0.167. The third-order valence-corrected chi connectivity index (χ3v) is 6.27. The summed E-state index contributed by atoms with van der Waals surface area (Å²) in [6, 6.07) is 17.3. The third-order valence-electron chi connectivity index (χ3n) is 4.84.